The van der Waals surface area contributed by atoms with Gasteiger partial charge in [-0.15, -0.1) is 0 Å². The van der Waals surface area contributed by atoms with Crippen LogP contribution in [0, 0.1) is 12.7 Å². The van der Waals surface area contributed by atoms with Gasteiger partial charge in [0.25, 0.3) is 5.91 Å². The van der Waals surface area contributed by atoms with Crippen molar-refractivity contribution in [1.29, 1.82) is 0 Å². The molecule has 0 bridgehead atoms. The number of amides is 1. The number of halogens is 2. The largest absolute Gasteiger partial charge is 0.379 e. The molecule has 94 valence electrons. The van der Waals surface area contributed by atoms with E-state index in [1.165, 1.54) is 6.07 Å². The highest BCUT2D eigenvalue weighted by Gasteiger charge is 2.12. The van der Waals surface area contributed by atoms with Gasteiger partial charge in [-0.05, 0) is 18.6 Å². The van der Waals surface area contributed by atoms with E-state index in [9.17, 15) is 9.18 Å². The highest BCUT2D eigenvalue weighted by molar-refractivity contribution is 9.09. The summed E-state index contributed by atoms with van der Waals surface area (Å²) in [5.74, 6) is -0.875. The van der Waals surface area contributed by atoms with Crippen LogP contribution in [0.25, 0.3) is 0 Å². The lowest BCUT2D eigenvalue weighted by atomic mass is 10.1. The molecule has 0 aliphatic heterocycles. The Hall–Kier alpha value is -0.940. The minimum Gasteiger partial charge on any atom is -0.379 e. The summed E-state index contributed by atoms with van der Waals surface area (Å²) in [5, 5.41) is 3.36. The van der Waals surface area contributed by atoms with Crippen LogP contribution in [0.3, 0.4) is 0 Å². The Labute approximate surface area is 108 Å². The van der Waals surface area contributed by atoms with Crippen molar-refractivity contribution < 1.29 is 13.9 Å². The second-order valence-electron chi connectivity index (χ2n) is 3.49. The van der Waals surface area contributed by atoms with Gasteiger partial charge in [0.1, 0.15) is 5.82 Å². The van der Waals surface area contributed by atoms with E-state index in [2.05, 4.69) is 21.2 Å². The lowest BCUT2D eigenvalue weighted by molar-refractivity contribution is 0.0920. The van der Waals surface area contributed by atoms with Gasteiger partial charge in [-0.3, -0.25) is 4.79 Å². The molecule has 0 saturated carbocycles. The molecule has 0 saturated heterocycles. The maximum absolute atomic E-state index is 13.6. The van der Waals surface area contributed by atoms with Crippen LogP contribution in [-0.2, 0) is 4.74 Å². The second kappa shape index (κ2) is 7.40. The van der Waals surface area contributed by atoms with Crippen molar-refractivity contribution >= 4 is 21.8 Å². The molecular weight excluding hydrogens is 289 g/mol. The van der Waals surface area contributed by atoms with Crippen molar-refractivity contribution in [3.63, 3.8) is 0 Å². The van der Waals surface area contributed by atoms with Gasteiger partial charge in [0, 0.05) is 11.9 Å². The highest BCUT2D eigenvalue weighted by Crippen LogP contribution is 2.11. The quantitative estimate of drug-likeness (QED) is 0.647. The van der Waals surface area contributed by atoms with Crippen molar-refractivity contribution in [2.24, 2.45) is 0 Å². The summed E-state index contributed by atoms with van der Waals surface area (Å²) in [6, 6.07) is 4.76. The Kier molecular flexibility index (Phi) is 6.15. The first-order chi connectivity index (χ1) is 8.16. The van der Waals surface area contributed by atoms with E-state index >= 15 is 0 Å². The number of nitrogens with one attached hydrogen (secondary N) is 1. The van der Waals surface area contributed by atoms with E-state index in [4.69, 9.17) is 4.74 Å². The third-order valence-electron chi connectivity index (χ3n) is 2.19. The molecule has 0 spiro atoms. The predicted molar refractivity (Wildman–Crippen MR) is 68.1 cm³/mol. The number of hydrogen-bond acceptors (Lipinski definition) is 2. The summed E-state index contributed by atoms with van der Waals surface area (Å²) < 4.78 is 18.8. The first-order valence-corrected chi connectivity index (χ1v) is 6.46. The van der Waals surface area contributed by atoms with Crippen LogP contribution >= 0.6 is 15.9 Å². The van der Waals surface area contributed by atoms with Crippen molar-refractivity contribution in [3.05, 3.63) is 35.1 Å². The number of carbonyl (C=O) groups excluding carboxylic acids is 1. The van der Waals surface area contributed by atoms with Crippen LogP contribution in [0.2, 0.25) is 0 Å². The molecule has 0 atom stereocenters. The highest BCUT2D eigenvalue weighted by atomic mass is 79.9. The number of hydrogen-bond donors (Lipinski definition) is 1. The van der Waals surface area contributed by atoms with Crippen molar-refractivity contribution in [3.8, 4) is 0 Å². The zero-order valence-corrected chi connectivity index (χ0v) is 11.2. The minimum absolute atomic E-state index is 0.0745. The summed E-state index contributed by atoms with van der Waals surface area (Å²) in [6.07, 6.45) is 0. The number of aryl methyl sites for hydroxylation is 1. The molecule has 3 nitrogen and oxygen atoms in total. The average molecular weight is 304 g/mol. The third kappa shape index (κ3) is 4.44. The molecular formula is C12H15BrFNO2. The summed E-state index contributed by atoms with van der Waals surface area (Å²) in [7, 11) is 0. The van der Waals surface area contributed by atoms with Crippen LogP contribution in [0.5, 0.6) is 0 Å². The molecule has 0 radical (unpaired) electrons. The van der Waals surface area contributed by atoms with Gasteiger partial charge in [-0.1, -0.05) is 28.1 Å². The SMILES string of the molecule is Cc1cccc(C(=O)NCCOCCBr)c1F. The fourth-order valence-corrected chi connectivity index (χ4v) is 1.54. The molecule has 0 unspecified atom stereocenters. The maximum atomic E-state index is 13.6. The fraction of sp³-hybridized carbons (Fsp3) is 0.417. The molecule has 0 fully saturated rings. The van der Waals surface area contributed by atoms with Gasteiger partial charge in [0.2, 0.25) is 0 Å². The number of ether oxygens (including phenoxy) is 1. The summed E-state index contributed by atoms with van der Waals surface area (Å²) in [4.78, 5) is 11.6. The lowest BCUT2D eigenvalue weighted by Gasteiger charge is -2.07. The Balaban J connectivity index is 2.44. The van der Waals surface area contributed by atoms with Crippen LogP contribution < -0.4 is 5.32 Å². The third-order valence-corrected chi connectivity index (χ3v) is 2.51. The Morgan fingerprint density at radius 3 is 2.94 bits per heavy atom. The molecule has 5 heteroatoms. The molecule has 0 heterocycles. The Morgan fingerprint density at radius 2 is 2.24 bits per heavy atom. The average Bonchev–Trinajstić information content (AvgIpc) is 2.32. The van der Waals surface area contributed by atoms with E-state index in [1.54, 1.807) is 19.1 Å². The van der Waals surface area contributed by atoms with Crippen molar-refractivity contribution in [1.82, 2.24) is 5.32 Å². The van der Waals surface area contributed by atoms with E-state index in [0.717, 1.165) is 5.33 Å². The van der Waals surface area contributed by atoms with Crippen LogP contribution in [0.1, 0.15) is 15.9 Å². The molecule has 0 aliphatic carbocycles. The molecule has 1 rings (SSSR count). The van der Waals surface area contributed by atoms with Crippen LogP contribution in [0.4, 0.5) is 4.39 Å². The topological polar surface area (TPSA) is 38.3 Å². The predicted octanol–water partition coefficient (Wildman–Crippen LogP) is 2.28. The number of carbonyl (C=O) groups is 1. The van der Waals surface area contributed by atoms with Gasteiger partial charge in [0.15, 0.2) is 0 Å². The van der Waals surface area contributed by atoms with Gasteiger partial charge in [-0.25, -0.2) is 4.39 Å². The van der Waals surface area contributed by atoms with Crippen LogP contribution in [-0.4, -0.2) is 31.0 Å². The fourth-order valence-electron chi connectivity index (χ4n) is 1.31. The second-order valence-corrected chi connectivity index (χ2v) is 4.29. The monoisotopic (exact) mass is 303 g/mol. The summed E-state index contributed by atoms with van der Waals surface area (Å²) in [6.45, 7) is 3.02. The molecule has 0 aromatic heterocycles. The molecule has 17 heavy (non-hydrogen) atoms. The smallest absolute Gasteiger partial charge is 0.254 e. The Bertz CT molecular complexity index is 385. The van der Waals surface area contributed by atoms with E-state index in [-0.39, 0.29) is 5.56 Å². The van der Waals surface area contributed by atoms with Gasteiger partial charge >= 0.3 is 0 Å². The Morgan fingerprint density at radius 1 is 1.47 bits per heavy atom. The number of benzene rings is 1. The normalized spacial score (nSPS) is 10.3. The van der Waals surface area contributed by atoms with Crippen molar-refractivity contribution in [2.45, 2.75) is 6.92 Å². The first-order valence-electron chi connectivity index (χ1n) is 5.34. The molecule has 1 aromatic rings. The minimum atomic E-state index is -0.466. The maximum Gasteiger partial charge on any atom is 0.254 e. The van der Waals surface area contributed by atoms with Crippen LogP contribution in [0.15, 0.2) is 18.2 Å². The standard InChI is InChI=1S/C12H15BrFNO2/c1-9-3-2-4-10(11(9)14)12(16)15-6-8-17-7-5-13/h2-4H,5-8H2,1H3,(H,15,16). The molecule has 1 N–H and O–H groups in total. The molecule has 0 aliphatic rings. The van der Waals surface area contributed by atoms with Gasteiger partial charge in [0.05, 0.1) is 18.8 Å². The summed E-state index contributed by atoms with van der Waals surface area (Å²) >= 11 is 3.22. The first kappa shape index (κ1) is 14.1. The van der Waals surface area contributed by atoms with Gasteiger partial charge in [-0.2, -0.15) is 0 Å². The zero-order chi connectivity index (χ0) is 12.7. The van der Waals surface area contributed by atoms with Gasteiger partial charge < -0.3 is 10.1 Å². The number of alkyl halides is 1. The van der Waals surface area contributed by atoms with Crippen molar-refractivity contribution in [2.75, 3.05) is 25.1 Å². The lowest BCUT2D eigenvalue weighted by Crippen LogP contribution is -2.28. The zero-order valence-electron chi connectivity index (χ0n) is 9.63. The van der Waals surface area contributed by atoms with E-state index in [1.807, 2.05) is 0 Å². The molecule has 1 aromatic carbocycles. The molecule has 1 amide bonds. The number of rotatable bonds is 6. The van der Waals surface area contributed by atoms with E-state index < -0.39 is 11.7 Å². The summed E-state index contributed by atoms with van der Waals surface area (Å²) in [5.41, 5.74) is 0.540. The van der Waals surface area contributed by atoms with E-state index in [0.29, 0.717) is 25.3 Å².